The van der Waals surface area contributed by atoms with Gasteiger partial charge in [0.15, 0.2) is 0 Å². The molecule has 118 valence electrons. The summed E-state index contributed by atoms with van der Waals surface area (Å²) in [6.45, 7) is -1.48. The molecule has 0 aromatic carbocycles. The minimum atomic E-state index is -4.54. The third kappa shape index (κ3) is 3.76. The van der Waals surface area contributed by atoms with Gasteiger partial charge in [0.2, 0.25) is 10.0 Å². The van der Waals surface area contributed by atoms with Crippen LogP contribution in [0.3, 0.4) is 0 Å². The van der Waals surface area contributed by atoms with E-state index >= 15 is 0 Å². The molecule has 0 saturated heterocycles. The fraction of sp³-hybridized carbons (Fsp3) is 0.545. The number of amides is 1. The second-order valence-corrected chi connectivity index (χ2v) is 6.46. The van der Waals surface area contributed by atoms with Crippen molar-refractivity contribution in [3.8, 4) is 0 Å². The molecule has 1 heterocycles. The molecule has 21 heavy (non-hydrogen) atoms. The van der Waals surface area contributed by atoms with Crippen LogP contribution in [0.25, 0.3) is 0 Å². The molecule has 1 amide bonds. The molecule has 1 aromatic rings. The molecule has 2 rings (SSSR count). The molecule has 0 unspecified atom stereocenters. The number of nitrogens with two attached hydrogens (primary N) is 1. The first-order chi connectivity index (χ1) is 9.58. The van der Waals surface area contributed by atoms with Gasteiger partial charge in [0.05, 0.1) is 0 Å². The highest BCUT2D eigenvalue weighted by atomic mass is 32.2. The number of halogens is 3. The molecular weight excluding hydrogens is 311 g/mol. The molecule has 1 aromatic heterocycles. The fourth-order valence-electron chi connectivity index (χ4n) is 2.03. The average molecular weight is 325 g/mol. The number of alkyl halides is 3. The number of rotatable bonds is 4. The van der Waals surface area contributed by atoms with E-state index in [0.717, 1.165) is 25.3 Å². The van der Waals surface area contributed by atoms with Crippen LogP contribution in [0.15, 0.2) is 17.2 Å². The second kappa shape index (κ2) is 5.34. The third-order valence-electron chi connectivity index (χ3n) is 3.30. The van der Waals surface area contributed by atoms with Crippen LogP contribution in [0.2, 0.25) is 0 Å². The Hall–Kier alpha value is -1.55. The van der Waals surface area contributed by atoms with Crippen LogP contribution < -0.4 is 10.5 Å². The smallest absolute Gasteiger partial charge is 0.342 e. The molecule has 1 fully saturated rings. The molecule has 1 aliphatic rings. The monoisotopic (exact) mass is 325 g/mol. The van der Waals surface area contributed by atoms with Crippen LogP contribution in [0.1, 0.15) is 35.8 Å². The predicted octanol–water partition coefficient (Wildman–Crippen LogP) is 1.15. The first-order valence-electron chi connectivity index (χ1n) is 6.17. The predicted molar refractivity (Wildman–Crippen MR) is 67.1 cm³/mol. The number of nitrogens with one attached hydrogen (secondary N) is 1. The van der Waals surface area contributed by atoms with E-state index in [1.807, 2.05) is 0 Å². The first-order valence-corrected chi connectivity index (χ1v) is 7.72. The van der Waals surface area contributed by atoms with Crippen LogP contribution >= 0.6 is 0 Å². The number of nitrogens with zero attached hydrogens (tertiary/aromatic N) is 1. The topological polar surface area (TPSA) is 94.2 Å². The largest absolute Gasteiger partial charge is 0.405 e. The van der Waals surface area contributed by atoms with Crippen molar-refractivity contribution in [2.24, 2.45) is 5.14 Å². The summed E-state index contributed by atoms with van der Waals surface area (Å²) in [5.41, 5.74) is -0.132. The van der Waals surface area contributed by atoms with Crippen molar-refractivity contribution in [1.29, 1.82) is 0 Å². The maximum absolute atomic E-state index is 12.1. The highest BCUT2D eigenvalue weighted by molar-refractivity contribution is 7.89. The number of sulfonamides is 1. The van der Waals surface area contributed by atoms with Crippen LogP contribution in [0, 0.1) is 0 Å². The second-order valence-electron chi connectivity index (χ2n) is 4.90. The summed E-state index contributed by atoms with van der Waals surface area (Å²) in [7, 11) is -4.02. The Bertz CT molecular complexity index is 647. The number of hydrogen-bond donors (Lipinski definition) is 2. The Balaban J connectivity index is 2.28. The van der Waals surface area contributed by atoms with Gasteiger partial charge in [-0.1, -0.05) is 0 Å². The van der Waals surface area contributed by atoms with E-state index in [1.165, 1.54) is 10.8 Å². The van der Waals surface area contributed by atoms with Gasteiger partial charge in [0, 0.05) is 12.2 Å². The lowest BCUT2D eigenvalue weighted by molar-refractivity contribution is -0.123. The van der Waals surface area contributed by atoms with Crippen molar-refractivity contribution in [3.05, 3.63) is 18.0 Å². The van der Waals surface area contributed by atoms with E-state index in [2.05, 4.69) is 0 Å². The van der Waals surface area contributed by atoms with E-state index in [0.29, 0.717) is 0 Å². The van der Waals surface area contributed by atoms with Gasteiger partial charge in [0.1, 0.15) is 17.1 Å². The normalized spacial score (nSPS) is 16.6. The van der Waals surface area contributed by atoms with Crippen LogP contribution in [0.4, 0.5) is 13.2 Å². The molecule has 0 aliphatic heterocycles. The summed E-state index contributed by atoms with van der Waals surface area (Å²) in [6, 6.07) is 0.909. The Morgan fingerprint density at radius 1 is 1.43 bits per heavy atom. The van der Waals surface area contributed by atoms with Crippen molar-refractivity contribution >= 4 is 15.9 Å². The number of primary sulfonamides is 1. The lowest BCUT2D eigenvalue weighted by Gasteiger charge is -2.28. The summed E-state index contributed by atoms with van der Waals surface area (Å²) in [6.07, 6.45) is -0.957. The molecule has 0 atom stereocenters. The quantitative estimate of drug-likeness (QED) is 0.869. The zero-order valence-corrected chi connectivity index (χ0v) is 11.7. The van der Waals surface area contributed by atoms with E-state index in [9.17, 15) is 26.4 Å². The van der Waals surface area contributed by atoms with Gasteiger partial charge in [-0.15, -0.1) is 0 Å². The maximum atomic E-state index is 12.1. The number of hydrogen-bond acceptors (Lipinski definition) is 3. The van der Waals surface area contributed by atoms with E-state index in [4.69, 9.17) is 5.14 Å². The molecule has 1 saturated carbocycles. The van der Waals surface area contributed by atoms with Crippen molar-refractivity contribution < 1.29 is 26.4 Å². The lowest BCUT2D eigenvalue weighted by Crippen LogP contribution is -2.35. The minimum absolute atomic E-state index is 0.0906. The van der Waals surface area contributed by atoms with E-state index < -0.39 is 28.7 Å². The molecule has 0 radical (unpaired) electrons. The zero-order valence-electron chi connectivity index (χ0n) is 10.9. The maximum Gasteiger partial charge on any atom is 0.405 e. The van der Waals surface area contributed by atoms with Gasteiger partial charge in [-0.2, -0.15) is 13.2 Å². The van der Waals surface area contributed by atoms with Gasteiger partial charge in [-0.25, -0.2) is 13.6 Å². The number of aromatic nitrogens is 1. The van der Waals surface area contributed by atoms with Crippen molar-refractivity contribution in [3.63, 3.8) is 0 Å². The Morgan fingerprint density at radius 2 is 2.05 bits per heavy atom. The SMILES string of the molecule is NS(=O)(=O)c1cc(C(=O)NCC(F)(F)F)n(C2CCC2)c1. The van der Waals surface area contributed by atoms with Gasteiger partial charge in [-0.3, -0.25) is 4.79 Å². The van der Waals surface area contributed by atoms with Crippen LogP contribution in [-0.2, 0) is 10.0 Å². The highest BCUT2D eigenvalue weighted by Crippen LogP contribution is 2.34. The first kappa shape index (κ1) is 15.8. The zero-order chi connectivity index (χ0) is 15.8. The summed E-state index contributed by atoms with van der Waals surface area (Å²) >= 11 is 0. The van der Waals surface area contributed by atoms with E-state index in [1.54, 1.807) is 5.32 Å². The molecular formula is C11H14F3N3O3S. The van der Waals surface area contributed by atoms with Gasteiger partial charge < -0.3 is 9.88 Å². The summed E-state index contributed by atoms with van der Waals surface area (Å²) in [4.78, 5) is 11.5. The number of carbonyl (C=O) groups is 1. The minimum Gasteiger partial charge on any atom is -0.342 e. The van der Waals surface area contributed by atoms with Gasteiger partial charge >= 0.3 is 6.18 Å². The van der Waals surface area contributed by atoms with Crippen LogP contribution in [0.5, 0.6) is 0 Å². The summed E-state index contributed by atoms with van der Waals surface area (Å²) in [5, 5.41) is 6.72. The van der Waals surface area contributed by atoms with E-state index in [-0.39, 0.29) is 16.6 Å². The Labute approximate surface area is 119 Å². The van der Waals surface area contributed by atoms with Gasteiger partial charge in [-0.05, 0) is 25.3 Å². The van der Waals surface area contributed by atoms with Gasteiger partial charge in [0.25, 0.3) is 5.91 Å². The molecule has 1 aliphatic carbocycles. The summed E-state index contributed by atoms with van der Waals surface area (Å²) in [5.74, 6) is -0.978. The number of carbonyl (C=O) groups excluding carboxylic acids is 1. The van der Waals surface area contributed by atoms with Crippen molar-refractivity contribution in [2.45, 2.75) is 36.4 Å². The average Bonchev–Trinajstić information content (AvgIpc) is 2.67. The lowest BCUT2D eigenvalue weighted by atomic mass is 9.93. The van der Waals surface area contributed by atoms with Crippen molar-refractivity contribution in [1.82, 2.24) is 9.88 Å². The van der Waals surface area contributed by atoms with Crippen LogP contribution in [-0.4, -0.2) is 31.6 Å². The molecule has 10 heteroatoms. The molecule has 0 bridgehead atoms. The van der Waals surface area contributed by atoms with Crippen molar-refractivity contribution in [2.75, 3.05) is 6.54 Å². The molecule has 6 nitrogen and oxygen atoms in total. The molecule has 0 spiro atoms. The highest BCUT2D eigenvalue weighted by Gasteiger charge is 2.31. The standard InChI is InChI=1S/C11H14F3N3O3S/c12-11(13,14)6-16-10(18)9-4-8(21(15,19)20)5-17(9)7-2-1-3-7/h4-5,7H,1-3,6H2,(H,16,18)(H2,15,19,20). The Kier molecular flexibility index (Phi) is 4.02. The fourth-order valence-corrected chi connectivity index (χ4v) is 2.57. The summed E-state index contributed by atoms with van der Waals surface area (Å²) < 4.78 is 60.4. The third-order valence-corrected chi connectivity index (χ3v) is 4.18. The molecule has 3 N–H and O–H groups in total. The Morgan fingerprint density at radius 3 is 2.48 bits per heavy atom.